The summed E-state index contributed by atoms with van der Waals surface area (Å²) in [5, 5.41) is 8.89. The number of nitrogens with zero attached hydrogens (tertiary/aromatic N) is 1. The van der Waals surface area contributed by atoms with Crippen LogP contribution in [-0.4, -0.2) is 42.1 Å². The summed E-state index contributed by atoms with van der Waals surface area (Å²) in [6, 6.07) is 6.77. The third-order valence-electron chi connectivity index (χ3n) is 2.92. The molecule has 1 N–H and O–H groups in total. The lowest BCUT2D eigenvalue weighted by Crippen LogP contribution is -2.36. The zero-order chi connectivity index (χ0) is 14.4. The van der Waals surface area contributed by atoms with E-state index in [4.69, 9.17) is 9.84 Å². The average molecular weight is 265 g/mol. The molecule has 0 heterocycles. The monoisotopic (exact) mass is 265 g/mol. The standard InChI is InChI=1S/C14H19NO4/c1-4-15(9-10(2)14(17)18)13(16)11-5-7-12(19-3)8-6-11/h5-8,10H,4,9H2,1-3H3,(H,17,18). The molecular formula is C14H19NO4. The molecule has 19 heavy (non-hydrogen) atoms. The molecule has 0 aliphatic rings. The van der Waals surface area contributed by atoms with E-state index in [1.165, 1.54) is 4.90 Å². The second-order valence-corrected chi connectivity index (χ2v) is 4.31. The van der Waals surface area contributed by atoms with Crippen molar-refractivity contribution in [2.75, 3.05) is 20.2 Å². The Morgan fingerprint density at radius 1 is 1.32 bits per heavy atom. The zero-order valence-electron chi connectivity index (χ0n) is 11.4. The van der Waals surface area contributed by atoms with Gasteiger partial charge in [-0.15, -0.1) is 0 Å². The normalized spacial score (nSPS) is 11.7. The second kappa shape index (κ2) is 6.78. The minimum atomic E-state index is -0.902. The van der Waals surface area contributed by atoms with Crippen LogP contribution in [0, 0.1) is 5.92 Å². The molecular weight excluding hydrogens is 246 g/mol. The highest BCUT2D eigenvalue weighted by Crippen LogP contribution is 2.14. The molecule has 0 aromatic heterocycles. The van der Waals surface area contributed by atoms with Gasteiger partial charge in [-0.1, -0.05) is 6.92 Å². The molecule has 0 radical (unpaired) electrons. The van der Waals surface area contributed by atoms with Gasteiger partial charge in [0.05, 0.1) is 13.0 Å². The fraction of sp³-hybridized carbons (Fsp3) is 0.429. The van der Waals surface area contributed by atoms with Crippen molar-refractivity contribution in [3.8, 4) is 5.75 Å². The first-order chi connectivity index (χ1) is 8.99. The molecule has 1 aromatic rings. The Morgan fingerprint density at radius 2 is 1.89 bits per heavy atom. The van der Waals surface area contributed by atoms with Crippen LogP contribution in [-0.2, 0) is 4.79 Å². The SMILES string of the molecule is CCN(CC(C)C(=O)O)C(=O)c1ccc(OC)cc1. The van der Waals surface area contributed by atoms with Crippen LogP contribution >= 0.6 is 0 Å². The minimum absolute atomic E-state index is 0.168. The summed E-state index contributed by atoms with van der Waals surface area (Å²) in [6.45, 7) is 4.10. The first kappa shape index (κ1) is 15.0. The summed E-state index contributed by atoms with van der Waals surface area (Å²) in [5.41, 5.74) is 0.528. The maximum absolute atomic E-state index is 12.2. The van der Waals surface area contributed by atoms with Crippen molar-refractivity contribution in [3.63, 3.8) is 0 Å². The van der Waals surface area contributed by atoms with Crippen LogP contribution in [0.2, 0.25) is 0 Å². The first-order valence-corrected chi connectivity index (χ1v) is 6.15. The number of amides is 1. The maximum Gasteiger partial charge on any atom is 0.308 e. The Labute approximate surface area is 112 Å². The maximum atomic E-state index is 12.2. The van der Waals surface area contributed by atoms with Crippen LogP contribution in [0.25, 0.3) is 0 Å². The molecule has 1 aromatic carbocycles. The molecule has 0 aliphatic heterocycles. The number of aliphatic carboxylic acids is 1. The van der Waals surface area contributed by atoms with Gasteiger partial charge in [-0.2, -0.15) is 0 Å². The number of carbonyl (C=O) groups excluding carboxylic acids is 1. The molecule has 0 aliphatic carbocycles. The molecule has 0 bridgehead atoms. The van der Waals surface area contributed by atoms with Crippen molar-refractivity contribution in [1.82, 2.24) is 4.90 Å². The van der Waals surface area contributed by atoms with Gasteiger partial charge >= 0.3 is 5.97 Å². The minimum Gasteiger partial charge on any atom is -0.497 e. The van der Waals surface area contributed by atoms with Crippen molar-refractivity contribution >= 4 is 11.9 Å². The van der Waals surface area contributed by atoms with Crippen molar-refractivity contribution in [2.24, 2.45) is 5.92 Å². The summed E-state index contributed by atoms with van der Waals surface area (Å²) in [5.74, 6) is -0.972. The molecule has 1 unspecified atom stereocenters. The molecule has 5 nitrogen and oxygen atoms in total. The van der Waals surface area contributed by atoms with Gasteiger partial charge in [0.25, 0.3) is 5.91 Å². The average Bonchev–Trinajstić information content (AvgIpc) is 2.43. The van der Waals surface area contributed by atoms with Crippen molar-refractivity contribution in [2.45, 2.75) is 13.8 Å². The third-order valence-corrected chi connectivity index (χ3v) is 2.92. The number of hydrogen-bond acceptors (Lipinski definition) is 3. The summed E-state index contributed by atoms with van der Waals surface area (Å²) >= 11 is 0. The number of benzene rings is 1. The van der Waals surface area contributed by atoms with Crippen molar-refractivity contribution < 1.29 is 19.4 Å². The smallest absolute Gasteiger partial charge is 0.308 e. The van der Waals surface area contributed by atoms with Gasteiger partial charge in [-0.25, -0.2) is 0 Å². The lowest BCUT2D eigenvalue weighted by atomic mass is 10.1. The Balaban J connectivity index is 2.79. The van der Waals surface area contributed by atoms with Crippen LogP contribution in [0.15, 0.2) is 24.3 Å². The van der Waals surface area contributed by atoms with Gasteiger partial charge in [0.1, 0.15) is 5.75 Å². The highest BCUT2D eigenvalue weighted by molar-refractivity contribution is 5.94. The predicted octanol–water partition coefficient (Wildman–Crippen LogP) is 1.88. The van der Waals surface area contributed by atoms with Crippen LogP contribution in [0.3, 0.4) is 0 Å². The van der Waals surface area contributed by atoms with E-state index < -0.39 is 11.9 Å². The van der Waals surface area contributed by atoms with Crippen LogP contribution < -0.4 is 4.74 Å². The van der Waals surface area contributed by atoms with Gasteiger partial charge in [0, 0.05) is 18.7 Å². The van der Waals surface area contributed by atoms with E-state index in [9.17, 15) is 9.59 Å². The Hall–Kier alpha value is -2.04. The van der Waals surface area contributed by atoms with E-state index >= 15 is 0 Å². The number of hydrogen-bond donors (Lipinski definition) is 1. The number of carboxylic acid groups (broad SMARTS) is 1. The van der Waals surface area contributed by atoms with Crippen LogP contribution in [0.4, 0.5) is 0 Å². The molecule has 1 amide bonds. The highest BCUT2D eigenvalue weighted by atomic mass is 16.5. The first-order valence-electron chi connectivity index (χ1n) is 6.15. The van der Waals surface area contributed by atoms with Gasteiger partial charge in [0.15, 0.2) is 0 Å². The fourth-order valence-electron chi connectivity index (χ4n) is 1.68. The van der Waals surface area contributed by atoms with Crippen LogP contribution in [0.1, 0.15) is 24.2 Å². The van der Waals surface area contributed by atoms with Crippen LogP contribution in [0.5, 0.6) is 5.75 Å². The largest absolute Gasteiger partial charge is 0.497 e. The molecule has 104 valence electrons. The number of carbonyl (C=O) groups is 2. The number of ether oxygens (including phenoxy) is 1. The number of methoxy groups -OCH3 is 1. The number of rotatable bonds is 6. The van der Waals surface area contributed by atoms with Gasteiger partial charge in [-0.3, -0.25) is 9.59 Å². The molecule has 5 heteroatoms. The summed E-state index contributed by atoms with van der Waals surface area (Å²) in [4.78, 5) is 24.6. The molecule has 0 saturated carbocycles. The quantitative estimate of drug-likeness (QED) is 0.852. The van der Waals surface area contributed by atoms with E-state index in [1.54, 1.807) is 38.3 Å². The Kier molecular flexibility index (Phi) is 5.36. The summed E-state index contributed by atoms with van der Waals surface area (Å²) in [7, 11) is 1.56. The number of carboxylic acids is 1. The van der Waals surface area contributed by atoms with E-state index in [1.807, 2.05) is 6.92 Å². The fourth-order valence-corrected chi connectivity index (χ4v) is 1.68. The summed E-state index contributed by atoms with van der Waals surface area (Å²) < 4.78 is 5.03. The van der Waals surface area contributed by atoms with Gasteiger partial charge < -0.3 is 14.7 Å². The molecule has 0 fully saturated rings. The third kappa shape index (κ3) is 3.98. The van der Waals surface area contributed by atoms with E-state index in [0.717, 1.165) is 0 Å². The van der Waals surface area contributed by atoms with Gasteiger partial charge in [0.2, 0.25) is 0 Å². The Bertz CT molecular complexity index is 441. The van der Waals surface area contributed by atoms with E-state index in [2.05, 4.69) is 0 Å². The van der Waals surface area contributed by atoms with Gasteiger partial charge in [-0.05, 0) is 31.2 Å². The van der Waals surface area contributed by atoms with E-state index in [0.29, 0.717) is 17.9 Å². The molecule has 0 spiro atoms. The topological polar surface area (TPSA) is 66.8 Å². The molecule has 1 rings (SSSR count). The van der Waals surface area contributed by atoms with Crippen molar-refractivity contribution in [1.29, 1.82) is 0 Å². The molecule has 0 saturated heterocycles. The lowest BCUT2D eigenvalue weighted by Gasteiger charge is -2.23. The summed E-state index contributed by atoms with van der Waals surface area (Å²) in [6.07, 6.45) is 0. The van der Waals surface area contributed by atoms with E-state index in [-0.39, 0.29) is 12.5 Å². The second-order valence-electron chi connectivity index (χ2n) is 4.31. The highest BCUT2D eigenvalue weighted by Gasteiger charge is 2.20. The zero-order valence-corrected chi connectivity index (χ0v) is 11.4. The van der Waals surface area contributed by atoms with Crippen molar-refractivity contribution in [3.05, 3.63) is 29.8 Å². The Morgan fingerprint density at radius 3 is 2.32 bits per heavy atom. The molecule has 1 atom stereocenters. The lowest BCUT2D eigenvalue weighted by molar-refractivity contribution is -0.141. The predicted molar refractivity (Wildman–Crippen MR) is 71.4 cm³/mol.